The van der Waals surface area contributed by atoms with E-state index in [4.69, 9.17) is 5.11 Å². The second kappa shape index (κ2) is 8.15. The van der Waals surface area contributed by atoms with E-state index in [0.29, 0.717) is 12.8 Å². The number of aliphatic hydroxyl groups excluding tert-OH is 1. The first-order chi connectivity index (χ1) is 10.7. The zero-order chi connectivity index (χ0) is 15.8. The first kappa shape index (κ1) is 16.0. The van der Waals surface area contributed by atoms with Gasteiger partial charge >= 0.3 is 0 Å². The van der Waals surface area contributed by atoms with E-state index in [9.17, 15) is 4.79 Å². The molecule has 114 valence electrons. The zero-order valence-corrected chi connectivity index (χ0v) is 12.8. The minimum atomic E-state index is -0.0248. The van der Waals surface area contributed by atoms with Crippen molar-refractivity contribution in [3.05, 3.63) is 71.3 Å². The van der Waals surface area contributed by atoms with Gasteiger partial charge in [-0.3, -0.25) is 4.79 Å². The lowest BCUT2D eigenvalue weighted by atomic mass is 10.1. The first-order valence-electron chi connectivity index (χ1n) is 7.41. The van der Waals surface area contributed by atoms with E-state index in [0.717, 1.165) is 22.4 Å². The van der Waals surface area contributed by atoms with Gasteiger partial charge in [0.2, 0.25) is 5.91 Å². The van der Waals surface area contributed by atoms with Crippen LogP contribution in [0.3, 0.4) is 0 Å². The second-order valence-electron chi connectivity index (χ2n) is 5.21. The zero-order valence-electron chi connectivity index (χ0n) is 12.8. The van der Waals surface area contributed by atoms with Crippen molar-refractivity contribution in [2.24, 2.45) is 0 Å². The van der Waals surface area contributed by atoms with Crippen LogP contribution in [0.5, 0.6) is 0 Å². The molecule has 0 radical (unpaired) electrons. The van der Waals surface area contributed by atoms with Gasteiger partial charge < -0.3 is 10.4 Å². The molecule has 0 saturated carbocycles. The molecule has 0 unspecified atom stereocenters. The summed E-state index contributed by atoms with van der Waals surface area (Å²) in [5, 5.41) is 12.0. The summed E-state index contributed by atoms with van der Waals surface area (Å²) >= 11 is 0. The predicted octanol–water partition coefficient (Wildman–Crippen LogP) is 3.92. The van der Waals surface area contributed by atoms with Crippen LogP contribution < -0.4 is 5.32 Å². The van der Waals surface area contributed by atoms with E-state index in [2.05, 4.69) is 5.32 Å². The highest BCUT2D eigenvalue weighted by atomic mass is 16.3. The predicted molar refractivity (Wildman–Crippen MR) is 90.4 cm³/mol. The molecule has 2 N–H and O–H groups in total. The number of amides is 1. The monoisotopic (exact) mass is 295 g/mol. The van der Waals surface area contributed by atoms with Gasteiger partial charge in [0.05, 0.1) is 6.61 Å². The Morgan fingerprint density at radius 3 is 2.68 bits per heavy atom. The molecule has 2 aromatic rings. The van der Waals surface area contributed by atoms with Crippen LogP contribution in [-0.2, 0) is 11.4 Å². The van der Waals surface area contributed by atoms with Crippen LogP contribution in [-0.4, -0.2) is 11.0 Å². The summed E-state index contributed by atoms with van der Waals surface area (Å²) in [4.78, 5) is 12.0. The van der Waals surface area contributed by atoms with E-state index in [-0.39, 0.29) is 12.5 Å². The van der Waals surface area contributed by atoms with Crippen molar-refractivity contribution < 1.29 is 9.90 Å². The van der Waals surface area contributed by atoms with Gasteiger partial charge in [0.25, 0.3) is 0 Å². The highest BCUT2D eigenvalue weighted by Gasteiger charge is 2.04. The molecule has 0 spiro atoms. The van der Waals surface area contributed by atoms with Crippen molar-refractivity contribution in [2.75, 3.05) is 5.32 Å². The normalized spacial score (nSPS) is 10.8. The van der Waals surface area contributed by atoms with Gasteiger partial charge in [-0.15, -0.1) is 0 Å². The van der Waals surface area contributed by atoms with E-state index in [1.54, 1.807) is 0 Å². The summed E-state index contributed by atoms with van der Waals surface area (Å²) in [7, 11) is 0. The summed E-state index contributed by atoms with van der Waals surface area (Å²) in [5.74, 6) is -0.0177. The molecule has 2 aromatic carbocycles. The molecule has 2 rings (SSSR count). The molecule has 0 atom stereocenters. The number of benzene rings is 2. The third-order valence-electron chi connectivity index (χ3n) is 3.41. The fourth-order valence-electron chi connectivity index (χ4n) is 2.11. The average molecular weight is 295 g/mol. The van der Waals surface area contributed by atoms with Crippen molar-refractivity contribution in [3.8, 4) is 0 Å². The molecule has 22 heavy (non-hydrogen) atoms. The Hall–Kier alpha value is -2.39. The van der Waals surface area contributed by atoms with Crippen molar-refractivity contribution in [3.63, 3.8) is 0 Å². The number of aliphatic hydroxyl groups is 1. The highest BCUT2D eigenvalue weighted by molar-refractivity contribution is 5.91. The smallest absolute Gasteiger partial charge is 0.224 e. The van der Waals surface area contributed by atoms with Gasteiger partial charge in [-0.25, -0.2) is 0 Å². The molecule has 0 fully saturated rings. The summed E-state index contributed by atoms with van der Waals surface area (Å²) in [6, 6.07) is 15.6. The van der Waals surface area contributed by atoms with E-state index >= 15 is 0 Å². The number of hydrogen-bond acceptors (Lipinski definition) is 2. The van der Waals surface area contributed by atoms with Crippen molar-refractivity contribution in [2.45, 2.75) is 26.4 Å². The van der Waals surface area contributed by atoms with Crippen LogP contribution >= 0.6 is 0 Å². The lowest BCUT2D eigenvalue weighted by molar-refractivity contribution is -0.116. The fraction of sp³-hybridized carbons (Fsp3) is 0.211. The maximum absolute atomic E-state index is 12.0. The topological polar surface area (TPSA) is 49.3 Å². The summed E-state index contributed by atoms with van der Waals surface area (Å²) < 4.78 is 0. The maximum Gasteiger partial charge on any atom is 0.224 e. The highest BCUT2D eigenvalue weighted by Crippen LogP contribution is 2.17. The summed E-state index contributed by atoms with van der Waals surface area (Å²) in [6.45, 7) is 1.91. The van der Waals surface area contributed by atoms with E-state index in [1.165, 1.54) is 0 Å². The molecule has 0 bridgehead atoms. The molecule has 3 nitrogen and oxygen atoms in total. The van der Waals surface area contributed by atoms with Crippen LogP contribution in [0.2, 0.25) is 0 Å². The summed E-state index contributed by atoms with van der Waals surface area (Å²) in [6.07, 6.45) is 5.16. The minimum absolute atomic E-state index is 0.0177. The first-order valence-corrected chi connectivity index (χ1v) is 7.41. The Labute approximate surface area is 131 Å². The maximum atomic E-state index is 12.0. The quantitative estimate of drug-likeness (QED) is 0.848. The van der Waals surface area contributed by atoms with Crippen LogP contribution in [0.1, 0.15) is 29.5 Å². The van der Waals surface area contributed by atoms with E-state index in [1.807, 2.05) is 67.6 Å². The molecule has 0 heterocycles. The number of carbonyl (C=O) groups excluding carboxylic acids is 1. The van der Waals surface area contributed by atoms with Gasteiger partial charge in [0, 0.05) is 12.1 Å². The van der Waals surface area contributed by atoms with Crippen molar-refractivity contribution in [1.29, 1.82) is 0 Å². The Kier molecular flexibility index (Phi) is 5.92. The number of rotatable bonds is 6. The molecular weight excluding hydrogens is 274 g/mol. The van der Waals surface area contributed by atoms with Gasteiger partial charge in [-0.05, 0) is 36.1 Å². The SMILES string of the molecule is Cc1ccc(CO)cc1NC(=O)CC/C=C/c1ccccc1. The Morgan fingerprint density at radius 1 is 1.18 bits per heavy atom. The molecule has 0 aliphatic heterocycles. The van der Waals surface area contributed by atoms with Crippen LogP contribution in [0, 0.1) is 6.92 Å². The Morgan fingerprint density at radius 2 is 1.95 bits per heavy atom. The number of aryl methyl sites for hydroxylation is 1. The molecule has 0 aliphatic rings. The molecule has 0 aliphatic carbocycles. The minimum Gasteiger partial charge on any atom is -0.392 e. The lowest BCUT2D eigenvalue weighted by Crippen LogP contribution is -2.12. The number of anilines is 1. The standard InChI is InChI=1S/C19H21NO2/c1-15-11-12-17(14-21)13-18(15)20-19(22)10-6-5-9-16-7-3-2-4-8-16/h2-5,7-9,11-13,21H,6,10,14H2,1H3,(H,20,22)/b9-5+. The summed E-state index contributed by atoms with van der Waals surface area (Å²) in [5.41, 5.74) is 3.69. The average Bonchev–Trinajstić information content (AvgIpc) is 2.54. The largest absolute Gasteiger partial charge is 0.392 e. The molecule has 3 heteroatoms. The number of hydrogen-bond donors (Lipinski definition) is 2. The van der Waals surface area contributed by atoms with E-state index < -0.39 is 0 Å². The van der Waals surface area contributed by atoms with Crippen LogP contribution in [0.4, 0.5) is 5.69 Å². The second-order valence-corrected chi connectivity index (χ2v) is 5.21. The van der Waals surface area contributed by atoms with Crippen molar-refractivity contribution in [1.82, 2.24) is 0 Å². The van der Waals surface area contributed by atoms with Crippen LogP contribution in [0.15, 0.2) is 54.6 Å². The number of carbonyl (C=O) groups is 1. The molecule has 0 saturated heterocycles. The molecule has 1 amide bonds. The Balaban J connectivity index is 1.84. The molecular formula is C19H21NO2. The lowest BCUT2D eigenvalue weighted by Gasteiger charge is -2.09. The molecule has 0 aromatic heterocycles. The van der Waals surface area contributed by atoms with Crippen LogP contribution in [0.25, 0.3) is 6.08 Å². The number of allylic oxidation sites excluding steroid dienone is 1. The Bertz CT molecular complexity index is 648. The van der Waals surface area contributed by atoms with Gasteiger partial charge in [-0.1, -0.05) is 54.6 Å². The third kappa shape index (κ3) is 4.86. The number of nitrogens with one attached hydrogen (secondary N) is 1. The fourth-order valence-corrected chi connectivity index (χ4v) is 2.11. The van der Waals surface area contributed by atoms with Gasteiger partial charge in [0.1, 0.15) is 0 Å². The van der Waals surface area contributed by atoms with Gasteiger partial charge in [-0.2, -0.15) is 0 Å². The van der Waals surface area contributed by atoms with Gasteiger partial charge in [0.15, 0.2) is 0 Å². The van der Waals surface area contributed by atoms with Crippen molar-refractivity contribution >= 4 is 17.7 Å². The third-order valence-corrected chi connectivity index (χ3v) is 3.41.